The number of nitrogens with one attached hydrogen (secondary N) is 2. The second-order valence-electron chi connectivity index (χ2n) is 8.47. The summed E-state index contributed by atoms with van der Waals surface area (Å²) in [5, 5.41) is 15.0. The van der Waals surface area contributed by atoms with Crippen molar-refractivity contribution in [1.82, 2.24) is 10.6 Å². The smallest absolute Gasteiger partial charge is 0.204 e. The number of guanidine groups is 1. The first-order chi connectivity index (χ1) is 17.2. The van der Waals surface area contributed by atoms with E-state index in [1.165, 1.54) is 12.8 Å². The Morgan fingerprint density at radius 1 is 1.14 bits per heavy atom. The van der Waals surface area contributed by atoms with Crippen molar-refractivity contribution in [2.24, 2.45) is 10.7 Å². The molecular weight excluding hydrogens is 438 g/mol. The van der Waals surface area contributed by atoms with E-state index in [0.717, 1.165) is 42.6 Å². The van der Waals surface area contributed by atoms with Crippen LogP contribution in [0.5, 0.6) is 11.5 Å². The number of hydrogen-bond acceptors (Lipinski definition) is 5. The zero-order valence-corrected chi connectivity index (χ0v) is 20.4. The lowest BCUT2D eigenvalue weighted by molar-refractivity contribution is 0.200. The van der Waals surface area contributed by atoms with E-state index in [-0.39, 0.29) is 12.0 Å². The van der Waals surface area contributed by atoms with Crippen molar-refractivity contribution in [3.05, 3.63) is 59.7 Å². The summed E-state index contributed by atoms with van der Waals surface area (Å²) in [6.07, 6.45) is 8.50. The third-order valence-corrected chi connectivity index (χ3v) is 5.88. The van der Waals surface area contributed by atoms with E-state index in [4.69, 9.17) is 20.5 Å². The average molecular weight is 474 g/mol. The molecule has 0 radical (unpaired) electrons. The minimum Gasteiger partial charge on any atom is -0.493 e. The number of ether oxygens (including phenoxy) is 2. The molecule has 1 atom stereocenters. The molecule has 0 spiro atoms. The summed E-state index contributed by atoms with van der Waals surface area (Å²) in [6, 6.07) is 15.8. The topological polar surface area (TPSA) is 105 Å². The van der Waals surface area contributed by atoms with Gasteiger partial charge in [-0.25, -0.2) is 0 Å². The van der Waals surface area contributed by atoms with Gasteiger partial charge in [-0.2, -0.15) is 5.26 Å². The highest BCUT2D eigenvalue weighted by Crippen LogP contribution is 2.34. The monoisotopic (exact) mass is 473 g/mol. The molecule has 4 N–H and O–H groups in total. The third kappa shape index (κ3) is 8.55. The lowest BCUT2D eigenvalue weighted by atomic mass is 9.98. The van der Waals surface area contributed by atoms with Crippen LogP contribution < -0.4 is 25.8 Å². The van der Waals surface area contributed by atoms with Gasteiger partial charge >= 0.3 is 0 Å². The molecule has 1 aliphatic carbocycles. The fourth-order valence-electron chi connectivity index (χ4n) is 3.97. The molecule has 0 saturated heterocycles. The molecule has 1 unspecified atom stereocenters. The van der Waals surface area contributed by atoms with E-state index >= 15 is 0 Å². The van der Waals surface area contributed by atoms with Crippen LogP contribution in [0.4, 0.5) is 0 Å². The number of aliphatic imine (C=N–C) groups is 1. The van der Waals surface area contributed by atoms with Gasteiger partial charge in [0.25, 0.3) is 0 Å². The Hall–Kier alpha value is -3.68. The maximum Gasteiger partial charge on any atom is 0.204 e. The Morgan fingerprint density at radius 2 is 1.94 bits per heavy atom. The molecule has 2 aromatic rings. The lowest BCUT2D eigenvalue weighted by Gasteiger charge is -2.18. The van der Waals surface area contributed by atoms with Crippen molar-refractivity contribution in [2.75, 3.05) is 26.7 Å². The highest BCUT2D eigenvalue weighted by molar-refractivity contribution is 5.81. The largest absolute Gasteiger partial charge is 0.493 e. The summed E-state index contributed by atoms with van der Waals surface area (Å²) in [6.45, 7) is 1.70. The van der Waals surface area contributed by atoms with Crippen LogP contribution >= 0.6 is 0 Å². The maximum absolute atomic E-state index is 9.14. The summed E-state index contributed by atoms with van der Waals surface area (Å²) >= 11 is 0. The van der Waals surface area contributed by atoms with Gasteiger partial charge in [0.2, 0.25) is 5.96 Å². The number of benzene rings is 2. The Bertz CT molecular complexity index is 1050. The predicted octanol–water partition coefficient (Wildman–Crippen LogP) is 3.91. The quantitative estimate of drug-likeness (QED) is 0.121. The van der Waals surface area contributed by atoms with E-state index in [2.05, 4.69) is 27.5 Å². The average Bonchev–Trinajstić information content (AvgIpc) is 3.40. The van der Waals surface area contributed by atoms with Crippen LogP contribution in [0.2, 0.25) is 0 Å². The van der Waals surface area contributed by atoms with Crippen LogP contribution in [0.1, 0.15) is 55.6 Å². The van der Waals surface area contributed by atoms with E-state index in [1.807, 2.05) is 54.7 Å². The van der Waals surface area contributed by atoms with Gasteiger partial charge < -0.3 is 20.5 Å². The van der Waals surface area contributed by atoms with Crippen molar-refractivity contribution in [1.29, 1.82) is 5.26 Å². The molecule has 0 aliphatic heterocycles. The van der Waals surface area contributed by atoms with Crippen molar-refractivity contribution in [3.8, 4) is 29.5 Å². The molecule has 0 aromatic heterocycles. The summed E-state index contributed by atoms with van der Waals surface area (Å²) < 4.78 is 11.9. The molecule has 7 nitrogen and oxygen atoms in total. The number of nitrogens with zero attached hydrogens (tertiary/aromatic N) is 2. The standard InChI is InChI=1S/C28H35N5O2/c1-34-26-16-15-23(19-27(26)35-25-11-5-6-12-25)24(14-13-22-9-3-2-4-10-22)20-32-28(33-21-30)31-18-8-7-17-29/h2-4,9-10,15-16,19,24-25H,5-8,11-12,17-18,20,29H2,1H3,(H2,31,32,33). The van der Waals surface area contributed by atoms with Gasteiger partial charge in [0.15, 0.2) is 17.7 Å². The van der Waals surface area contributed by atoms with E-state index in [9.17, 15) is 0 Å². The fourth-order valence-corrected chi connectivity index (χ4v) is 3.97. The molecule has 184 valence electrons. The number of hydrogen-bond donors (Lipinski definition) is 3. The second-order valence-corrected chi connectivity index (χ2v) is 8.47. The molecule has 0 bridgehead atoms. The third-order valence-electron chi connectivity index (χ3n) is 5.88. The first-order valence-corrected chi connectivity index (χ1v) is 12.3. The van der Waals surface area contributed by atoms with Gasteiger partial charge in [-0.15, -0.1) is 0 Å². The lowest BCUT2D eigenvalue weighted by Crippen LogP contribution is -2.35. The maximum atomic E-state index is 9.14. The number of rotatable bonds is 10. The molecule has 2 aromatic carbocycles. The number of unbranched alkanes of at least 4 members (excludes halogenated alkanes) is 1. The molecule has 7 heteroatoms. The summed E-state index contributed by atoms with van der Waals surface area (Å²) in [5.74, 6) is 8.34. The molecular formula is C28H35N5O2. The van der Waals surface area contributed by atoms with Crippen LogP contribution in [0.25, 0.3) is 0 Å². The molecule has 35 heavy (non-hydrogen) atoms. The van der Waals surface area contributed by atoms with Crippen LogP contribution in [0, 0.1) is 23.3 Å². The van der Waals surface area contributed by atoms with Crippen molar-refractivity contribution < 1.29 is 9.47 Å². The first-order valence-electron chi connectivity index (χ1n) is 12.3. The molecule has 0 amide bonds. The van der Waals surface area contributed by atoms with Crippen LogP contribution in [-0.2, 0) is 0 Å². The summed E-state index contributed by atoms with van der Waals surface area (Å²) in [5.41, 5.74) is 7.50. The summed E-state index contributed by atoms with van der Waals surface area (Å²) in [4.78, 5) is 4.64. The Balaban J connectivity index is 1.86. The SMILES string of the molecule is COc1ccc(C(C#Cc2ccccc2)CN=C(NC#N)NCCCCN)cc1OC1CCCC1. The minimum atomic E-state index is -0.201. The normalized spacial score (nSPS) is 14.4. The van der Waals surface area contributed by atoms with Crippen LogP contribution in [0.3, 0.4) is 0 Å². The predicted molar refractivity (Wildman–Crippen MR) is 139 cm³/mol. The van der Waals surface area contributed by atoms with E-state index < -0.39 is 0 Å². The van der Waals surface area contributed by atoms with Crippen molar-refractivity contribution >= 4 is 5.96 Å². The van der Waals surface area contributed by atoms with Gasteiger partial charge in [-0.3, -0.25) is 10.3 Å². The fraction of sp³-hybridized carbons (Fsp3) is 0.429. The molecule has 0 heterocycles. The van der Waals surface area contributed by atoms with E-state index in [1.54, 1.807) is 7.11 Å². The van der Waals surface area contributed by atoms with Gasteiger partial charge in [0, 0.05) is 12.1 Å². The zero-order chi connectivity index (χ0) is 24.7. The van der Waals surface area contributed by atoms with E-state index in [0.29, 0.717) is 31.3 Å². The second kappa shape index (κ2) is 14.6. The minimum absolute atomic E-state index is 0.201. The first kappa shape index (κ1) is 25.9. The highest BCUT2D eigenvalue weighted by Gasteiger charge is 2.20. The van der Waals surface area contributed by atoms with Gasteiger partial charge in [-0.05, 0) is 74.9 Å². The van der Waals surface area contributed by atoms with Gasteiger partial charge in [0.1, 0.15) is 0 Å². The zero-order valence-electron chi connectivity index (χ0n) is 20.4. The van der Waals surface area contributed by atoms with Crippen molar-refractivity contribution in [3.63, 3.8) is 0 Å². The molecule has 1 aliphatic rings. The number of nitriles is 1. The van der Waals surface area contributed by atoms with Crippen molar-refractivity contribution in [2.45, 2.75) is 50.5 Å². The Morgan fingerprint density at radius 3 is 2.66 bits per heavy atom. The molecule has 1 fully saturated rings. The molecule has 1 saturated carbocycles. The molecule has 3 rings (SSSR count). The number of methoxy groups -OCH3 is 1. The Labute approximate surface area is 208 Å². The Kier molecular flexibility index (Phi) is 10.8. The highest BCUT2D eigenvalue weighted by atomic mass is 16.5. The number of nitrogens with two attached hydrogens (primary N) is 1. The van der Waals surface area contributed by atoms with Crippen LogP contribution in [-0.4, -0.2) is 38.8 Å². The van der Waals surface area contributed by atoms with Gasteiger partial charge in [0.05, 0.1) is 25.7 Å². The van der Waals surface area contributed by atoms with Crippen LogP contribution in [0.15, 0.2) is 53.5 Å². The van der Waals surface area contributed by atoms with Gasteiger partial charge in [-0.1, -0.05) is 36.1 Å². The summed E-state index contributed by atoms with van der Waals surface area (Å²) in [7, 11) is 1.66.